The molecule has 61 heavy (non-hydrogen) atoms. The van der Waals surface area contributed by atoms with Crippen molar-refractivity contribution in [2.45, 2.75) is 106 Å². The maximum Gasteiger partial charge on any atom is 0.238 e. The number of benzene rings is 4. The molecule has 2 aliphatic heterocycles. The van der Waals surface area contributed by atoms with Gasteiger partial charge in [-0.15, -0.1) is 0 Å². The van der Waals surface area contributed by atoms with Crippen LogP contribution < -0.4 is 20.5 Å². The average Bonchev–Trinajstić information content (AvgIpc) is 3.29. The van der Waals surface area contributed by atoms with Crippen LogP contribution in [0.1, 0.15) is 35.1 Å². The number of nitrogens with one attached hydrogen (secondary N) is 1. The minimum absolute atomic E-state index is 0.00150. The standard InChI is InChI=1S/C45H54N2O14/c1-26(30-10-6-3-7-11-30)36(46)43(55)47-31(21-48)20-27-12-18-33(19-13-27)58-44-40(54)38(52)42(35(23-50)60-44)61-45-39(53)37(51)41(34(22-49)59-45)57-25-29-14-16-32(17-15-29)56-24-28-8-4-2-5-9-28/h2-19,21,26,31,34-42,44-45,49-54H,20,22-25,46H2,1H3,(H,47,55). The third-order valence-corrected chi connectivity index (χ3v) is 10.8. The second kappa shape index (κ2) is 21.8. The van der Waals surface area contributed by atoms with Crippen molar-refractivity contribution >= 4 is 12.2 Å². The molecule has 0 bridgehead atoms. The van der Waals surface area contributed by atoms with E-state index in [-0.39, 0.29) is 24.7 Å². The van der Waals surface area contributed by atoms with Gasteiger partial charge in [0.1, 0.15) is 73.2 Å². The molecule has 4 aromatic carbocycles. The van der Waals surface area contributed by atoms with Gasteiger partial charge in [0.25, 0.3) is 0 Å². The Hall–Kier alpha value is -4.82. The van der Waals surface area contributed by atoms with E-state index in [1.54, 1.807) is 48.5 Å². The first-order chi connectivity index (χ1) is 29.5. The van der Waals surface area contributed by atoms with Crippen molar-refractivity contribution in [3.05, 3.63) is 131 Å². The van der Waals surface area contributed by atoms with Gasteiger partial charge in [0, 0.05) is 5.92 Å². The number of hydrogen-bond acceptors (Lipinski definition) is 15. The zero-order chi connectivity index (χ0) is 43.5. The fraction of sp³-hybridized carbons (Fsp3) is 0.422. The van der Waals surface area contributed by atoms with Gasteiger partial charge in [-0.05, 0) is 52.9 Å². The van der Waals surface area contributed by atoms with Gasteiger partial charge < -0.3 is 74.9 Å². The normalized spacial score (nSPS) is 27.9. The molecule has 1 amide bonds. The van der Waals surface area contributed by atoms with E-state index in [1.807, 2.05) is 67.6 Å². The van der Waals surface area contributed by atoms with Crippen molar-refractivity contribution in [2.75, 3.05) is 13.2 Å². The molecule has 6 rings (SSSR count). The Bertz CT molecular complexity index is 1940. The number of ether oxygens (including phenoxy) is 6. The summed E-state index contributed by atoms with van der Waals surface area (Å²) in [6.07, 6.45) is -14.3. The summed E-state index contributed by atoms with van der Waals surface area (Å²) in [5, 5.41) is 67.3. The highest BCUT2D eigenvalue weighted by Crippen LogP contribution is 2.32. The highest BCUT2D eigenvalue weighted by atomic mass is 16.7. The van der Waals surface area contributed by atoms with Crippen LogP contribution in [-0.2, 0) is 48.2 Å². The quantitative estimate of drug-likeness (QED) is 0.0610. The third kappa shape index (κ3) is 11.8. The van der Waals surface area contributed by atoms with E-state index in [1.165, 1.54) is 0 Å². The molecule has 13 unspecified atom stereocenters. The molecule has 328 valence electrons. The van der Waals surface area contributed by atoms with E-state index >= 15 is 0 Å². The molecule has 2 saturated heterocycles. The van der Waals surface area contributed by atoms with E-state index in [0.717, 1.165) is 16.7 Å². The molecule has 0 aromatic heterocycles. The molecule has 2 fully saturated rings. The number of amides is 1. The lowest BCUT2D eigenvalue weighted by Crippen LogP contribution is -2.65. The fourth-order valence-corrected chi connectivity index (χ4v) is 7.15. The van der Waals surface area contributed by atoms with Gasteiger partial charge in [-0.3, -0.25) is 4.79 Å². The van der Waals surface area contributed by atoms with Crippen molar-refractivity contribution in [3.8, 4) is 11.5 Å². The molecule has 2 aliphatic rings. The van der Waals surface area contributed by atoms with E-state index in [9.17, 15) is 40.2 Å². The highest BCUT2D eigenvalue weighted by Gasteiger charge is 2.51. The SMILES string of the molecule is CC(c1ccccc1)C(N)C(=O)NC(C=O)Cc1ccc(OC2OC(CO)C(OC3OC(CO)C(OCc4ccc(OCc5ccccc5)cc4)C(O)C3O)C(O)C2O)cc1. The van der Waals surface area contributed by atoms with Crippen LogP contribution in [0.15, 0.2) is 109 Å². The molecule has 9 N–H and O–H groups in total. The van der Waals surface area contributed by atoms with Crippen LogP contribution >= 0.6 is 0 Å². The van der Waals surface area contributed by atoms with Gasteiger partial charge in [-0.25, -0.2) is 0 Å². The molecular formula is C45H54N2O14. The lowest BCUT2D eigenvalue weighted by atomic mass is 9.93. The summed E-state index contributed by atoms with van der Waals surface area (Å²) in [7, 11) is 0. The van der Waals surface area contributed by atoms with Crippen LogP contribution in [-0.4, -0.2) is 130 Å². The Balaban J connectivity index is 0.989. The van der Waals surface area contributed by atoms with E-state index in [2.05, 4.69) is 5.32 Å². The Labute approximate surface area is 353 Å². The Morgan fingerprint density at radius 2 is 1.25 bits per heavy atom. The lowest BCUT2D eigenvalue weighted by Gasteiger charge is -2.46. The van der Waals surface area contributed by atoms with E-state index < -0.39 is 92.6 Å². The second-order valence-electron chi connectivity index (χ2n) is 15.2. The van der Waals surface area contributed by atoms with Gasteiger partial charge in [0.15, 0.2) is 6.29 Å². The van der Waals surface area contributed by atoms with Gasteiger partial charge >= 0.3 is 0 Å². The number of aldehydes is 1. The minimum atomic E-state index is -1.74. The number of aliphatic hydroxyl groups excluding tert-OH is 6. The summed E-state index contributed by atoms with van der Waals surface area (Å²) in [4.78, 5) is 24.8. The summed E-state index contributed by atoms with van der Waals surface area (Å²) in [6, 6.07) is 30.8. The van der Waals surface area contributed by atoms with E-state index in [4.69, 9.17) is 34.2 Å². The van der Waals surface area contributed by atoms with E-state index in [0.29, 0.717) is 24.2 Å². The summed E-state index contributed by atoms with van der Waals surface area (Å²) in [6.45, 7) is 0.894. The Morgan fingerprint density at radius 3 is 1.89 bits per heavy atom. The Morgan fingerprint density at radius 1 is 0.705 bits per heavy atom. The monoisotopic (exact) mass is 846 g/mol. The maximum absolute atomic E-state index is 12.9. The zero-order valence-electron chi connectivity index (χ0n) is 33.5. The summed E-state index contributed by atoms with van der Waals surface area (Å²) >= 11 is 0. The fourth-order valence-electron chi connectivity index (χ4n) is 7.15. The van der Waals surface area contributed by atoms with Crippen molar-refractivity contribution in [1.29, 1.82) is 0 Å². The largest absolute Gasteiger partial charge is 0.489 e. The molecule has 0 radical (unpaired) electrons. The topological polar surface area (TPSA) is 249 Å². The maximum atomic E-state index is 12.9. The van der Waals surface area contributed by atoms with Crippen molar-refractivity contribution in [1.82, 2.24) is 5.32 Å². The first kappa shape index (κ1) is 45.7. The van der Waals surface area contributed by atoms with Gasteiger partial charge in [-0.1, -0.05) is 91.9 Å². The van der Waals surface area contributed by atoms with Crippen molar-refractivity contribution in [2.24, 2.45) is 5.73 Å². The Kier molecular flexibility index (Phi) is 16.3. The van der Waals surface area contributed by atoms with Gasteiger partial charge in [0.05, 0.1) is 31.9 Å². The number of rotatable bonds is 19. The van der Waals surface area contributed by atoms with Gasteiger partial charge in [0.2, 0.25) is 12.2 Å². The molecule has 4 aromatic rings. The summed E-state index contributed by atoms with van der Waals surface area (Å²) in [5.74, 6) is 0.0981. The van der Waals surface area contributed by atoms with Crippen LogP contribution in [0.2, 0.25) is 0 Å². The van der Waals surface area contributed by atoms with Crippen LogP contribution in [0.5, 0.6) is 11.5 Å². The number of nitrogens with two attached hydrogens (primary N) is 1. The predicted molar refractivity (Wildman–Crippen MR) is 218 cm³/mol. The van der Waals surface area contributed by atoms with Crippen LogP contribution in [0.3, 0.4) is 0 Å². The average molecular weight is 847 g/mol. The predicted octanol–water partition coefficient (Wildman–Crippen LogP) is 0.850. The molecule has 16 heteroatoms. The van der Waals surface area contributed by atoms with Crippen molar-refractivity contribution < 1.29 is 68.6 Å². The second-order valence-corrected chi connectivity index (χ2v) is 15.2. The first-order valence-corrected chi connectivity index (χ1v) is 20.1. The van der Waals surface area contributed by atoms with Crippen LogP contribution in [0, 0.1) is 0 Å². The summed E-state index contributed by atoms with van der Waals surface area (Å²) in [5.41, 5.74) is 9.51. The highest BCUT2D eigenvalue weighted by molar-refractivity contribution is 5.85. The van der Waals surface area contributed by atoms with Gasteiger partial charge in [-0.2, -0.15) is 0 Å². The third-order valence-electron chi connectivity index (χ3n) is 10.8. The molecule has 0 spiro atoms. The van der Waals surface area contributed by atoms with Crippen molar-refractivity contribution in [3.63, 3.8) is 0 Å². The lowest BCUT2D eigenvalue weighted by molar-refractivity contribution is -0.355. The number of carbonyl (C=O) groups excluding carboxylic acids is 2. The van der Waals surface area contributed by atoms with Crippen LogP contribution in [0.25, 0.3) is 0 Å². The minimum Gasteiger partial charge on any atom is -0.489 e. The number of aliphatic hydroxyl groups is 6. The molecular weight excluding hydrogens is 792 g/mol. The first-order valence-electron chi connectivity index (χ1n) is 20.1. The molecule has 0 saturated carbocycles. The summed E-state index contributed by atoms with van der Waals surface area (Å²) < 4.78 is 34.9. The zero-order valence-corrected chi connectivity index (χ0v) is 33.5. The smallest absolute Gasteiger partial charge is 0.238 e. The van der Waals surface area contributed by atoms with Crippen LogP contribution in [0.4, 0.5) is 0 Å². The number of hydrogen-bond donors (Lipinski definition) is 8. The number of carbonyl (C=O) groups is 2. The molecule has 0 aliphatic carbocycles. The molecule has 2 heterocycles. The molecule has 16 nitrogen and oxygen atoms in total. The molecule has 13 atom stereocenters.